The van der Waals surface area contributed by atoms with Crippen molar-refractivity contribution in [3.8, 4) is 0 Å². The van der Waals surface area contributed by atoms with Crippen molar-refractivity contribution in [3.05, 3.63) is 69.0 Å². The molecule has 3 rings (SSSR count). The first-order valence-corrected chi connectivity index (χ1v) is 8.09. The Hall–Kier alpha value is -2.30. The number of nitrogens with one attached hydrogen (secondary N) is 1. The lowest BCUT2D eigenvalue weighted by Crippen LogP contribution is -2.59. The van der Waals surface area contributed by atoms with Gasteiger partial charge in [-0.25, -0.2) is 4.79 Å². The van der Waals surface area contributed by atoms with Gasteiger partial charge in [-0.1, -0.05) is 30.3 Å². The van der Waals surface area contributed by atoms with Gasteiger partial charge in [-0.05, 0) is 5.56 Å². The van der Waals surface area contributed by atoms with Crippen molar-refractivity contribution in [3.63, 3.8) is 0 Å². The first-order valence-electron chi connectivity index (χ1n) is 8.09. The average molecular weight is 364 g/mol. The summed E-state index contributed by atoms with van der Waals surface area (Å²) in [7, 11) is 0. The summed E-state index contributed by atoms with van der Waals surface area (Å²) in [6, 6.07) is 9.84. The van der Waals surface area contributed by atoms with Crippen LogP contribution in [0.25, 0.3) is 0 Å². The summed E-state index contributed by atoms with van der Waals surface area (Å²) in [6.07, 6.45) is -4.87. The maximum atomic E-state index is 12.3. The van der Waals surface area contributed by atoms with Gasteiger partial charge in [0, 0.05) is 18.7 Å². The van der Waals surface area contributed by atoms with Crippen LogP contribution >= 0.6 is 0 Å². The average Bonchev–Trinajstić information content (AvgIpc) is 2.88. The number of aliphatic hydroxyl groups is 4. The third-order valence-corrected chi connectivity index (χ3v) is 4.60. The fourth-order valence-electron chi connectivity index (χ4n) is 3.29. The van der Waals surface area contributed by atoms with E-state index in [0.29, 0.717) is 5.56 Å². The van der Waals surface area contributed by atoms with Crippen LogP contribution in [0.2, 0.25) is 0 Å². The molecule has 1 saturated heterocycles. The SMILES string of the molecule is O=c1ccn([C@]2(C(O)Cc3ccccc3)O[C@H](CO)[C@@H](O)[C@H]2O)c(=O)[nH]1. The molecule has 1 aliphatic rings. The molecular formula is C17H20N2O7. The topological polar surface area (TPSA) is 145 Å². The van der Waals surface area contributed by atoms with E-state index in [0.717, 1.165) is 16.8 Å². The van der Waals surface area contributed by atoms with Gasteiger partial charge in [0.25, 0.3) is 5.56 Å². The molecule has 0 aliphatic carbocycles. The van der Waals surface area contributed by atoms with Crippen LogP contribution in [0.5, 0.6) is 0 Å². The van der Waals surface area contributed by atoms with Crippen molar-refractivity contribution in [1.29, 1.82) is 0 Å². The van der Waals surface area contributed by atoms with Gasteiger partial charge in [-0.3, -0.25) is 14.3 Å². The first kappa shape index (κ1) is 18.5. The van der Waals surface area contributed by atoms with Crippen LogP contribution in [-0.4, -0.2) is 61.0 Å². The number of nitrogens with zero attached hydrogens (tertiary/aromatic N) is 1. The molecule has 0 spiro atoms. The highest BCUT2D eigenvalue weighted by atomic mass is 16.6. The number of H-pyrrole nitrogens is 1. The highest BCUT2D eigenvalue weighted by Gasteiger charge is 2.59. The lowest BCUT2D eigenvalue weighted by atomic mass is 9.92. The quantitative estimate of drug-likeness (QED) is 0.409. The van der Waals surface area contributed by atoms with Gasteiger partial charge in [-0.2, -0.15) is 0 Å². The van der Waals surface area contributed by atoms with E-state index in [1.807, 2.05) is 4.98 Å². The molecule has 140 valence electrons. The van der Waals surface area contributed by atoms with Crippen LogP contribution in [0, 0.1) is 0 Å². The molecule has 9 heteroatoms. The number of aliphatic hydroxyl groups excluding tert-OH is 4. The summed E-state index contributed by atoms with van der Waals surface area (Å²) >= 11 is 0. The van der Waals surface area contributed by atoms with Gasteiger partial charge in [-0.15, -0.1) is 0 Å². The van der Waals surface area contributed by atoms with E-state index in [-0.39, 0.29) is 6.42 Å². The molecule has 0 radical (unpaired) electrons. The molecule has 0 amide bonds. The molecule has 1 aromatic heterocycles. The number of aromatic amines is 1. The Morgan fingerprint density at radius 3 is 2.46 bits per heavy atom. The second-order valence-corrected chi connectivity index (χ2v) is 6.21. The maximum Gasteiger partial charge on any atom is 0.330 e. The maximum absolute atomic E-state index is 12.3. The minimum atomic E-state index is -2.08. The number of aromatic nitrogens is 2. The van der Waals surface area contributed by atoms with E-state index < -0.39 is 48.0 Å². The molecule has 2 heterocycles. The van der Waals surface area contributed by atoms with E-state index >= 15 is 0 Å². The smallest absolute Gasteiger partial charge is 0.330 e. The monoisotopic (exact) mass is 364 g/mol. The molecule has 1 aliphatic heterocycles. The summed E-state index contributed by atoms with van der Waals surface area (Å²) in [6.45, 7) is -0.629. The van der Waals surface area contributed by atoms with Crippen LogP contribution in [0.3, 0.4) is 0 Å². The molecule has 5 atom stereocenters. The third-order valence-electron chi connectivity index (χ3n) is 4.60. The lowest BCUT2D eigenvalue weighted by Gasteiger charge is -2.37. The molecule has 0 bridgehead atoms. The van der Waals surface area contributed by atoms with Gasteiger partial charge in [0.1, 0.15) is 24.4 Å². The van der Waals surface area contributed by atoms with Gasteiger partial charge < -0.3 is 25.2 Å². The predicted molar refractivity (Wildman–Crippen MR) is 89.4 cm³/mol. The normalized spacial score (nSPS) is 29.6. The van der Waals surface area contributed by atoms with Gasteiger partial charge >= 0.3 is 5.69 Å². The van der Waals surface area contributed by atoms with E-state index in [2.05, 4.69) is 0 Å². The molecule has 1 aromatic carbocycles. The molecule has 9 nitrogen and oxygen atoms in total. The van der Waals surface area contributed by atoms with Gasteiger partial charge in [0.05, 0.1) is 6.61 Å². The number of rotatable bonds is 5. The minimum absolute atomic E-state index is 0.00562. The van der Waals surface area contributed by atoms with Crippen LogP contribution < -0.4 is 11.2 Å². The zero-order valence-electron chi connectivity index (χ0n) is 13.7. The Morgan fingerprint density at radius 2 is 1.88 bits per heavy atom. The number of hydrogen-bond acceptors (Lipinski definition) is 7. The summed E-state index contributed by atoms with van der Waals surface area (Å²) in [4.78, 5) is 25.7. The summed E-state index contributed by atoms with van der Waals surface area (Å²) in [5.41, 5.74) is -2.96. The van der Waals surface area contributed by atoms with E-state index in [4.69, 9.17) is 4.74 Å². The third kappa shape index (κ3) is 3.00. The Labute approximate surface area is 147 Å². The second-order valence-electron chi connectivity index (χ2n) is 6.21. The first-order chi connectivity index (χ1) is 12.4. The standard InChI is InChI=1S/C17H20N2O7/c20-9-11-14(23)15(24)17(26-11,19-7-6-13(22)18-16(19)25)12(21)8-10-4-2-1-3-5-10/h1-7,11-12,14-15,20-21,23-24H,8-9H2,(H,18,22,25)/t11-,12?,14-,15-,17-/m1/s1. The summed E-state index contributed by atoms with van der Waals surface area (Å²) in [5, 5.41) is 41.1. The minimum Gasteiger partial charge on any atom is -0.394 e. The van der Waals surface area contributed by atoms with Crippen molar-refractivity contribution in [1.82, 2.24) is 9.55 Å². The number of ether oxygens (including phenoxy) is 1. The highest BCUT2D eigenvalue weighted by Crippen LogP contribution is 2.38. The highest BCUT2D eigenvalue weighted by molar-refractivity contribution is 5.17. The van der Waals surface area contributed by atoms with Crippen molar-refractivity contribution in [2.75, 3.05) is 6.61 Å². The summed E-state index contributed by atoms with van der Waals surface area (Å²) in [5.74, 6) is 0. The second kappa shape index (κ2) is 7.14. The Bertz CT molecular complexity index is 865. The van der Waals surface area contributed by atoms with E-state index in [9.17, 15) is 30.0 Å². The van der Waals surface area contributed by atoms with Crippen LogP contribution in [0.15, 0.2) is 52.2 Å². The van der Waals surface area contributed by atoms with Crippen LogP contribution in [0.1, 0.15) is 5.56 Å². The summed E-state index contributed by atoms with van der Waals surface area (Å²) < 4.78 is 6.44. The van der Waals surface area contributed by atoms with Crippen molar-refractivity contribution in [2.45, 2.75) is 36.6 Å². The Balaban J connectivity index is 2.10. The van der Waals surface area contributed by atoms with Gasteiger partial charge in [0.2, 0.25) is 5.72 Å². The number of hydrogen-bond donors (Lipinski definition) is 5. The fourth-order valence-corrected chi connectivity index (χ4v) is 3.29. The number of benzene rings is 1. The largest absolute Gasteiger partial charge is 0.394 e. The fraction of sp³-hybridized carbons (Fsp3) is 0.412. The van der Waals surface area contributed by atoms with Crippen molar-refractivity contribution in [2.24, 2.45) is 0 Å². The van der Waals surface area contributed by atoms with Crippen LogP contribution in [-0.2, 0) is 16.9 Å². The van der Waals surface area contributed by atoms with E-state index in [1.165, 1.54) is 0 Å². The van der Waals surface area contributed by atoms with Crippen molar-refractivity contribution < 1.29 is 25.2 Å². The predicted octanol–water partition coefficient (Wildman–Crippen LogP) is -2.09. The van der Waals surface area contributed by atoms with Gasteiger partial charge in [0.15, 0.2) is 0 Å². The van der Waals surface area contributed by atoms with Crippen LogP contribution in [0.4, 0.5) is 0 Å². The Morgan fingerprint density at radius 1 is 1.19 bits per heavy atom. The van der Waals surface area contributed by atoms with E-state index in [1.54, 1.807) is 30.3 Å². The molecule has 5 N–H and O–H groups in total. The molecule has 0 saturated carbocycles. The zero-order chi connectivity index (χ0) is 18.9. The van der Waals surface area contributed by atoms with Crippen molar-refractivity contribution >= 4 is 0 Å². The molecule has 1 unspecified atom stereocenters. The zero-order valence-corrected chi connectivity index (χ0v) is 13.7. The molecular weight excluding hydrogens is 344 g/mol. The Kier molecular flexibility index (Phi) is 5.08. The molecule has 26 heavy (non-hydrogen) atoms. The molecule has 2 aromatic rings. The molecule has 1 fully saturated rings. The lowest BCUT2D eigenvalue weighted by molar-refractivity contribution is -0.209.